The zero-order valence-corrected chi connectivity index (χ0v) is 12.6. The molecule has 0 bridgehead atoms. The maximum absolute atomic E-state index is 9.88. The maximum atomic E-state index is 9.88. The molecule has 0 spiro atoms. The smallest absolute Gasteiger partial charge is 0.0781 e. The number of piperazine rings is 1. The molecule has 1 aromatic carbocycles. The van der Waals surface area contributed by atoms with Crippen molar-refractivity contribution >= 4 is 5.69 Å². The summed E-state index contributed by atoms with van der Waals surface area (Å²) in [5.74, 6) is 0. The van der Waals surface area contributed by atoms with Crippen molar-refractivity contribution in [2.45, 2.75) is 39.3 Å². The molecule has 1 fully saturated rings. The normalized spacial score (nSPS) is 19.5. The second-order valence-electron chi connectivity index (χ2n) is 6.38. The molecule has 19 heavy (non-hydrogen) atoms. The van der Waals surface area contributed by atoms with Gasteiger partial charge in [0, 0.05) is 43.0 Å². The Bertz CT molecular complexity index is 415. The Morgan fingerprint density at radius 1 is 1.05 bits per heavy atom. The molecule has 1 heterocycles. The van der Waals surface area contributed by atoms with Crippen molar-refractivity contribution in [1.29, 1.82) is 0 Å². The van der Waals surface area contributed by atoms with Gasteiger partial charge in [0.15, 0.2) is 0 Å². The van der Waals surface area contributed by atoms with E-state index in [1.54, 1.807) is 0 Å². The summed E-state index contributed by atoms with van der Waals surface area (Å²) < 4.78 is 0. The van der Waals surface area contributed by atoms with E-state index < -0.39 is 6.10 Å². The average Bonchev–Trinajstić information content (AvgIpc) is 2.38. The highest BCUT2D eigenvalue weighted by atomic mass is 16.3. The highest BCUT2D eigenvalue weighted by Gasteiger charge is 2.26. The van der Waals surface area contributed by atoms with Gasteiger partial charge < -0.3 is 10.0 Å². The zero-order valence-electron chi connectivity index (χ0n) is 12.6. The van der Waals surface area contributed by atoms with Crippen molar-refractivity contribution in [2.24, 2.45) is 0 Å². The third-order valence-electron chi connectivity index (χ3n) is 3.96. The van der Waals surface area contributed by atoms with Crippen LogP contribution in [0.4, 0.5) is 5.69 Å². The third kappa shape index (κ3) is 3.28. The predicted octanol–water partition coefficient (Wildman–Crippen LogP) is 2.66. The van der Waals surface area contributed by atoms with E-state index in [9.17, 15) is 5.11 Å². The van der Waals surface area contributed by atoms with E-state index in [1.807, 2.05) is 19.1 Å². The van der Waals surface area contributed by atoms with Gasteiger partial charge in [-0.15, -0.1) is 0 Å². The summed E-state index contributed by atoms with van der Waals surface area (Å²) >= 11 is 0. The van der Waals surface area contributed by atoms with Gasteiger partial charge >= 0.3 is 0 Å². The van der Waals surface area contributed by atoms with Gasteiger partial charge in [-0.2, -0.15) is 0 Å². The van der Waals surface area contributed by atoms with Crippen LogP contribution >= 0.6 is 0 Å². The lowest BCUT2D eigenvalue weighted by Gasteiger charge is -2.43. The number of anilines is 1. The molecular weight excluding hydrogens is 236 g/mol. The minimum Gasteiger partial charge on any atom is -0.389 e. The van der Waals surface area contributed by atoms with Crippen LogP contribution in [0.3, 0.4) is 0 Å². The van der Waals surface area contributed by atoms with E-state index in [-0.39, 0.29) is 5.54 Å². The SMILES string of the molecule is C[C@H](O)c1ccccc1N1CCN(C(C)(C)C)CC1. The fourth-order valence-electron chi connectivity index (χ4n) is 2.75. The summed E-state index contributed by atoms with van der Waals surface area (Å²) in [6.07, 6.45) is -0.406. The number of benzene rings is 1. The van der Waals surface area contributed by atoms with Crippen LogP contribution in [0.15, 0.2) is 24.3 Å². The Morgan fingerprint density at radius 3 is 2.16 bits per heavy atom. The highest BCUT2D eigenvalue weighted by molar-refractivity contribution is 5.54. The summed E-state index contributed by atoms with van der Waals surface area (Å²) in [6.45, 7) is 12.9. The van der Waals surface area contributed by atoms with Crippen LogP contribution in [0.2, 0.25) is 0 Å². The number of aliphatic hydroxyl groups excluding tert-OH is 1. The molecule has 2 rings (SSSR count). The van der Waals surface area contributed by atoms with Crippen molar-refractivity contribution in [3.63, 3.8) is 0 Å². The van der Waals surface area contributed by atoms with E-state index in [1.165, 1.54) is 5.69 Å². The Labute approximate surface area is 116 Å². The van der Waals surface area contributed by atoms with Crippen LogP contribution in [0, 0.1) is 0 Å². The maximum Gasteiger partial charge on any atom is 0.0781 e. The number of aliphatic hydroxyl groups is 1. The van der Waals surface area contributed by atoms with Gasteiger partial charge in [0.1, 0.15) is 0 Å². The van der Waals surface area contributed by atoms with E-state index in [0.717, 1.165) is 31.7 Å². The fraction of sp³-hybridized carbons (Fsp3) is 0.625. The summed E-state index contributed by atoms with van der Waals surface area (Å²) in [7, 11) is 0. The number of nitrogens with zero attached hydrogens (tertiary/aromatic N) is 2. The van der Waals surface area contributed by atoms with Crippen LogP contribution in [-0.4, -0.2) is 41.7 Å². The number of hydrogen-bond acceptors (Lipinski definition) is 3. The van der Waals surface area contributed by atoms with Crippen molar-refractivity contribution in [3.05, 3.63) is 29.8 Å². The topological polar surface area (TPSA) is 26.7 Å². The lowest BCUT2D eigenvalue weighted by Crippen LogP contribution is -2.53. The fourth-order valence-corrected chi connectivity index (χ4v) is 2.75. The van der Waals surface area contributed by atoms with Crippen LogP contribution in [0.1, 0.15) is 39.4 Å². The number of rotatable bonds is 2. The molecule has 1 aliphatic rings. The zero-order chi connectivity index (χ0) is 14.0. The first-order valence-electron chi connectivity index (χ1n) is 7.16. The highest BCUT2D eigenvalue weighted by Crippen LogP contribution is 2.28. The minimum absolute atomic E-state index is 0.246. The molecular formula is C16H26N2O. The van der Waals surface area contributed by atoms with Crippen LogP contribution in [-0.2, 0) is 0 Å². The first kappa shape index (κ1) is 14.4. The van der Waals surface area contributed by atoms with Gasteiger partial charge in [-0.1, -0.05) is 18.2 Å². The number of para-hydroxylation sites is 1. The Morgan fingerprint density at radius 2 is 1.63 bits per heavy atom. The Balaban J connectivity index is 2.10. The van der Waals surface area contributed by atoms with Gasteiger partial charge in [-0.25, -0.2) is 0 Å². The molecule has 0 amide bonds. The van der Waals surface area contributed by atoms with Crippen molar-refractivity contribution in [2.75, 3.05) is 31.1 Å². The lowest BCUT2D eigenvalue weighted by atomic mass is 10.0. The molecule has 0 aromatic heterocycles. The van der Waals surface area contributed by atoms with Crippen LogP contribution < -0.4 is 4.90 Å². The predicted molar refractivity (Wildman–Crippen MR) is 80.6 cm³/mol. The second-order valence-corrected chi connectivity index (χ2v) is 6.38. The number of hydrogen-bond donors (Lipinski definition) is 1. The summed E-state index contributed by atoms with van der Waals surface area (Å²) in [4.78, 5) is 4.92. The molecule has 3 heteroatoms. The summed E-state index contributed by atoms with van der Waals surface area (Å²) in [6, 6.07) is 8.19. The molecule has 0 saturated carbocycles. The van der Waals surface area contributed by atoms with E-state index in [2.05, 4.69) is 42.7 Å². The molecule has 0 aliphatic carbocycles. The molecule has 1 N–H and O–H groups in total. The standard InChI is InChI=1S/C16H26N2O/c1-13(19)14-7-5-6-8-15(14)17-9-11-18(12-10-17)16(2,3)4/h5-8,13,19H,9-12H2,1-4H3/t13-/m0/s1. The first-order chi connectivity index (χ1) is 8.89. The second kappa shape index (κ2) is 5.51. The minimum atomic E-state index is -0.406. The van der Waals surface area contributed by atoms with E-state index in [0.29, 0.717) is 0 Å². The van der Waals surface area contributed by atoms with Gasteiger partial charge in [0.25, 0.3) is 0 Å². The molecule has 1 aromatic rings. The molecule has 1 atom stereocenters. The summed E-state index contributed by atoms with van der Waals surface area (Å²) in [5.41, 5.74) is 2.47. The van der Waals surface area contributed by atoms with Crippen molar-refractivity contribution < 1.29 is 5.11 Å². The molecule has 106 valence electrons. The summed E-state index contributed by atoms with van der Waals surface area (Å²) in [5, 5.41) is 9.88. The Kier molecular flexibility index (Phi) is 4.16. The Hall–Kier alpha value is -1.06. The quantitative estimate of drug-likeness (QED) is 0.887. The molecule has 3 nitrogen and oxygen atoms in total. The van der Waals surface area contributed by atoms with Crippen molar-refractivity contribution in [3.8, 4) is 0 Å². The third-order valence-corrected chi connectivity index (χ3v) is 3.96. The van der Waals surface area contributed by atoms with Crippen LogP contribution in [0.25, 0.3) is 0 Å². The van der Waals surface area contributed by atoms with Crippen molar-refractivity contribution in [1.82, 2.24) is 4.90 Å². The van der Waals surface area contributed by atoms with Gasteiger partial charge in [-0.05, 0) is 33.8 Å². The van der Waals surface area contributed by atoms with E-state index >= 15 is 0 Å². The molecule has 1 saturated heterocycles. The van der Waals surface area contributed by atoms with Crippen LogP contribution in [0.5, 0.6) is 0 Å². The van der Waals surface area contributed by atoms with E-state index in [4.69, 9.17) is 0 Å². The molecule has 0 unspecified atom stereocenters. The van der Waals surface area contributed by atoms with Gasteiger partial charge in [-0.3, -0.25) is 4.90 Å². The monoisotopic (exact) mass is 262 g/mol. The molecule has 0 radical (unpaired) electrons. The largest absolute Gasteiger partial charge is 0.389 e. The van der Waals surface area contributed by atoms with Gasteiger partial charge in [0.05, 0.1) is 6.10 Å². The molecule has 1 aliphatic heterocycles. The lowest BCUT2D eigenvalue weighted by molar-refractivity contribution is 0.128. The van der Waals surface area contributed by atoms with Gasteiger partial charge in [0.2, 0.25) is 0 Å². The average molecular weight is 262 g/mol. The first-order valence-corrected chi connectivity index (χ1v) is 7.16.